The van der Waals surface area contributed by atoms with Crippen molar-refractivity contribution in [3.63, 3.8) is 0 Å². The smallest absolute Gasteiger partial charge is 0.417 e. The van der Waals surface area contributed by atoms with Crippen LogP contribution in [0.1, 0.15) is 5.56 Å². The Labute approximate surface area is 123 Å². The van der Waals surface area contributed by atoms with Gasteiger partial charge in [0.15, 0.2) is 0 Å². The molecule has 0 N–H and O–H groups in total. The van der Waals surface area contributed by atoms with Gasteiger partial charge in [-0.2, -0.15) is 0 Å². The van der Waals surface area contributed by atoms with Crippen LogP contribution in [0.5, 0.6) is 5.75 Å². The van der Waals surface area contributed by atoms with Gasteiger partial charge in [-0.15, -0.1) is 0 Å². The molecule has 1 unspecified atom stereocenters. The Bertz CT molecular complexity index is 574. The molecule has 1 aliphatic heterocycles. The number of hydrogen-bond donors (Lipinski definition) is 0. The van der Waals surface area contributed by atoms with Gasteiger partial charge in [0.1, 0.15) is 12.0 Å². The second kappa shape index (κ2) is 6.74. The maximum atomic E-state index is 11.4. The molecule has 0 spiro atoms. The van der Waals surface area contributed by atoms with Crippen LogP contribution >= 0.6 is 0 Å². The average molecular weight is 287 g/mol. The third kappa shape index (κ3) is 3.51. The molecule has 0 fully saturated rings. The molecule has 1 aromatic rings. The molecule has 1 amide bonds. The Morgan fingerprint density at radius 3 is 2.57 bits per heavy atom. The number of ether oxygens (including phenoxy) is 2. The Morgan fingerprint density at radius 2 is 2.00 bits per heavy atom. The Kier molecular flexibility index (Phi) is 4.77. The zero-order valence-electron chi connectivity index (χ0n) is 12.0. The van der Waals surface area contributed by atoms with Gasteiger partial charge in [0.2, 0.25) is 0 Å². The second-order valence-corrected chi connectivity index (χ2v) is 4.62. The molecular weight excluding hydrogens is 270 g/mol. The number of amides is 1. The van der Waals surface area contributed by atoms with Crippen LogP contribution in [-0.2, 0) is 16.0 Å². The molecule has 5 nitrogen and oxygen atoms in total. The zero-order valence-corrected chi connectivity index (χ0v) is 12.0. The molecule has 1 aliphatic rings. The van der Waals surface area contributed by atoms with Crippen LogP contribution in [0.15, 0.2) is 48.3 Å². The van der Waals surface area contributed by atoms with E-state index in [0.29, 0.717) is 12.0 Å². The monoisotopic (exact) mass is 287 g/mol. The van der Waals surface area contributed by atoms with E-state index in [1.807, 2.05) is 30.3 Å². The van der Waals surface area contributed by atoms with Gasteiger partial charge < -0.3 is 9.47 Å². The molecule has 2 rings (SSSR count). The largest absolute Gasteiger partial charge is 0.497 e. The fourth-order valence-electron chi connectivity index (χ4n) is 2.15. The molecule has 0 aromatic heterocycles. The number of benzene rings is 1. The van der Waals surface area contributed by atoms with E-state index in [0.717, 1.165) is 17.6 Å². The van der Waals surface area contributed by atoms with Gasteiger partial charge in [-0.25, -0.2) is 4.79 Å². The summed E-state index contributed by atoms with van der Waals surface area (Å²) in [5.41, 5.74) is 1.63. The highest BCUT2D eigenvalue weighted by atomic mass is 16.5. The van der Waals surface area contributed by atoms with E-state index in [1.165, 1.54) is 18.2 Å². The van der Waals surface area contributed by atoms with Crippen LogP contribution in [0.2, 0.25) is 0 Å². The van der Waals surface area contributed by atoms with Crippen molar-refractivity contribution in [2.75, 3.05) is 14.2 Å². The van der Waals surface area contributed by atoms with Crippen LogP contribution in [0.4, 0.5) is 4.79 Å². The summed E-state index contributed by atoms with van der Waals surface area (Å²) in [5, 5.41) is 0. The number of carbonyl (C=O) groups is 2. The minimum Gasteiger partial charge on any atom is -0.497 e. The lowest BCUT2D eigenvalue weighted by Crippen LogP contribution is -2.25. The van der Waals surface area contributed by atoms with Crippen molar-refractivity contribution in [1.82, 2.24) is 4.90 Å². The van der Waals surface area contributed by atoms with E-state index in [4.69, 9.17) is 4.74 Å². The lowest BCUT2D eigenvalue weighted by atomic mass is 9.91. The minimum atomic E-state index is -0.520. The predicted octanol–water partition coefficient (Wildman–Crippen LogP) is 2.53. The van der Waals surface area contributed by atoms with E-state index in [9.17, 15) is 9.59 Å². The highest BCUT2D eigenvalue weighted by Gasteiger charge is 2.20. The van der Waals surface area contributed by atoms with Gasteiger partial charge in [-0.1, -0.05) is 18.2 Å². The van der Waals surface area contributed by atoms with E-state index in [-0.39, 0.29) is 5.92 Å². The molecule has 1 aromatic carbocycles. The number of hydrogen-bond acceptors (Lipinski definition) is 4. The van der Waals surface area contributed by atoms with E-state index in [2.05, 4.69) is 4.74 Å². The molecule has 1 heterocycles. The standard InChI is InChI=1S/C16H17NO4/c1-20-15-5-3-12(4-6-15)9-13-7-8-17(16(19)21-2)10-14(13)11-18/h3-8,10-11,13H,9H2,1-2H3. The third-order valence-electron chi connectivity index (χ3n) is 3.33. The molecule has 0 radical (unpaired) electrons. The SMILES string of the molecule is COC(=O)N1C=CC(Cc2ccc(OC)cc2)C(C=O)=C1. The third-order valence-corrected chi connectivity index (χ3v) is 3.33. The van der Waals surface area contributed by atoms with Crippen LogP contribution in [-0.4, -0.2) is 31.5 Å². The predicted molar refractivity (Wildman–Crippen MR) is 77.7 cm³/mol. The summed E-state index contributed by atoms with van der Waals surface area (Å²) in [6.45, 7) is 0. The second-order valence-electron chi connectivity index (χ2n) is 4.62. The van der Waals surface area contributed by atoms with Crippen molar-refractivity contribution in [3.05, 3.63) is 53.9 Å². The summed E-state index contributed by atoms with van der Waals surface area (Å²) in [6.07, 6.45) is 5.88. The average Bonchev–Trinajstić information content (AvgIpc) is 2.55. The molecule has 21 heavy (non-hydrogen) atoms. The molecule has 0 saturated heterocycles. The summed E-state index contributed by atoms with van der Waals surface area (Å²) in [6, 6.07) is 7.68. The number of methoxy groups -OCH3 is 2. The first-order valence-electron chi connectivity index (χ1n) is 6.52. The van der Waals surface area contributed by atoms with Gasteiger partial charge in [0.25, 0.3) is 0 Å². The lowest BCUT2D eigenvalue weighted by Gasteiger charge is -2.22. The minimum absolute atomic E-state index is 0.0585. The fraction of sp³-hybridized carbons (Fsp3) is 0.250. The molecule has 0 bridgehead atoms. The van der Waals surface area contributed by atoms with E-state index < -0.39 is 6.09 Å². The molecule has 0 saturated carbocycles. The van der Waals surface area contributed by atoms with Crippen LogP contribution in [0.3, 0.4) is 0 Å². The summed E-state index contributed by atoms with van der Waals surface area (Å²) < 4.78 is 9.74. The van der Waals surface area contributed by atoms with Crippen molar-refractivity contribution in [3.8, 4) is 5.75 Å². The Balaban J connectivity index is 2.11. The lowest BCUT2D eigenvalue weighted by molar-refractivity contribution is -0.105. The van der Waals surface area contributed by atoms with Gasteiger partial charge in [-0.05, 0) is 24.1 Å². The number of carbonyl (C=O) groups excluding carboxylic acids is 2. The van der Waals surface area contributed by atoms with Gasteiger partial charge in [0, 0.05) is 23.9 Å². The molecule has 1 atom stereocenters. The molecule has 0 aliphatic carbocycles. The van der Waals surface area contributed by atoms with E-state index >= 15 is 0 Å². The summed E-state index contributed by atoms with van der Waals surface area (Å²) in [5.74, 6) is 0.734. The highest BCUT2D eigenvalue weighted by Crippen LogP contribution is 2.23. The number of nitrogens with zero attached hydrogens (tertiary/aromatic N) is 1. The van der Waals surface area contributed by atoms with Crippen molar-refractivity contribution in [2.24, 2.45) is 5.92 Å². The Hall–Kier alpha value is -2.56. The normalized spacial score (nSPS) is 17.1. The van der Waals surface area contributed by atoms with Crippen molar-refractivity contribution < 1.29 is 19.1 Å². The van der Waals surface area contributed by atoms with Crippen LogP contribution in [0, 0.1) is 5.92 Å². The first kappa shape index (κ1) is 14.8. The van der Waals surface area contributed by atoms with Gasteiger partial charge >= 0.3 is 6.09 Å². The van der Waals surface area contributed by atoms with Crippen LogP contribution in [0.25, 0.3) is 0 Å². The summed E-state index contributed by atoms with van der Waals surface area (Å²) in [4.78, 5) is 23.9. The summed E-state index contributed by atoms with van der Waals surface area (Å²) >= 11 is 0. The van der Waals surface area contributed by atoms with Crippen molar-refractivity contribution in [1.29, 1.82) is 0 Å². The van der Waals surface area contributed by atoms with Gasteiger partial charge in [-0.3, -0.25) is 9.69 Å². The maximum absolute atomic E-state index is 11.4. The van der Waals surface area contributed by atoms with E-state index in [1.54, 1.807) is 13.3 Å². The van der Waals surface area contributed by atoms with Crippen LogP contribution < -0.4 is 4.74 Å². The Morgan fingerprint density at radius 1 is 1.29 bits per heavy atom. The molecular formula is C16H17NO4. The van der Waals surface area contributed by atoms with Gasteiger partial charge in [0.05, 0.1) is 14.2 Å². The quantitative estimate of drug-likeness (QED) is 0.799. The number of rotatable bonds is 4. The van der Waals surface area contributed by atoms with Crippen molar-refractivity contribution >= 4 is 12.4 Å². The van der Waals surface area contributed by atoms with Crippen molar-refractivity contribution in [2.45, 2.75) is 6.42 Å². The molecule has 5 heteroatoms. The number of aldehydes is 1. The first-order valence-corrected chi connectivity index (χ1v) is 6.52. The summed E-state index contributed by atoms with van der Waals surface area (Å²) in [7, 11) is 2.92. The fourth-order valence-corrected chi connectivity index (χ4v) is 2.15. The maximum Gasteiger partial charge on any atom is 0.417 e. The topological polar surface area (TPSA) is 55.8 Å². The first-order chi connectivity index (χ1) is 10.2. The zero-order chi connectivity index (χ0) is 15.2. The molecule has 110 valence electrons. The number of allylic oxidation sites excluding steroid dienone is 2. The highest BCUT2D eigenvalue weighted by molar-refractivity contribution is 5.78.